The molecule has 0 amide bonds. The van der Waals surface area contributed by atoms with Crippen LogP contribution in [0.25, 0.3) is 0 Å². The van der Waals surface area contributed by atoms with Crippen molar-refractivity contribution in [2.75, 3.05) is 5.75 Å². The molecule has 0 aromatic carbocycles. The number of carbonyl (C=O) groups is 1. The number of carbonyl (C=O) groups excluding carboxylic acids is 1. The molecule has 48 valence electrons. The van der Waals surface area contributed by atoms with Crippen molar-refractivity contribution >= 4 is 16.9 Å². The minimum Gasteiger partial charge on any atom is -0.393 e. The maximum Gasteiger partial charge on any atom is 0.185 e. The first-order chi connectivity index (χ1) is 3.63. The molecule has 0 spiro atoms. The molecule has 8 heavy (non-hydrogen) atoms. The highest BCUT2D eigenvalue weighted by Gasteiger charge is 1.97. The number of aliphatic hydroxyl groups excluding tert-OH is 1. The van der Waals surface area contributed by atoms with Crippen molar-refractivity contribution in [3.05, 3.63) is 0 Å². The van der Waals surface area contributed by atoms with Crippen molar-refractivity contribution < 1.29 is 9.90 Å². The quantitative estimate of drug-likeness (QED) is 0.602. The summed E-state index contributed by atoms with van der Waals surface area (Å²) in [5.41, 5.74) is 0. The Bertz CT molecular complexity index is 80.5. The van der Waals surface area contributed by atoms with Crippen LogP contribution >= 0.6 is 11.8 Å². The zero-order valence-electron chi connectivity index (χ0n) is 5.05. The molecule has 0 radical (unpaired) electrons. The van der Waals surface area contributed by atoms with E-state index in [0.717, 1.165) is 11.8 Å². The smallest absolute Gasteiger partial charge is 0.185 e. The molecule has 1 atom stereocenters. The number of hydrogen-bond donors (Lipinski definition) is 1. The van der Waals surface area contributed by atoms with Gasteiger partial charge in [-0.1, -0.05) is 11.8 Å². The van der Waals surface area contributed by atoms with Gasteiger partial charge in [0.15, 0.2) is 5.12 Å². The summed E-state index contributed by atoms with van der Waals surface area (Å²) >= 11 is 1.15. The first-order valence-electron chi connectivity index (χ1n) is 2.44. The lowest BCUT2D eigenvalue weighted by atomic mass is 10.5. The average Bonchev–Trinajstić information content (AvgIpc) is 1.61. The maximum absolute atomic E-state index is 10.2. The molecule has 1 N–H and O–H groups in total. The summed E-state index contributed by atoms with van der Waals surface area (Å²) in [6, 6.07) is 0. The van der Waals surface area contributed by atoms with Gasteiger partial charge in [-0.25, -0.2) is 0 Å². The highest BCUT2D eigenvalue weighted by atomic mass is 32.2. The molecule has 0 saturated heterocycles. The lowest BCUT2D eigenvalue weighted by Gasteiger charge is -1.97. The SMILES string of the molecule is CC(=O)SCC(C)O. The Morgan fingerprint density at radius 3 is 2.50 bits per heavy atom. The summed E-state index contributed by atoms with van der Waals surface area (Å²) in [5.74, 6) is 0.509. The Kier molecular flexibility index (Phi) is 3.91. The van der Waals surface area contributed by atoms with Gasteiger partial charge in [-0.3, -0.25) is 4.79 Å². The second-order valence-corrected chi connectivity index (χ2v) is 2.85. The summed E-state index contributed by atoms with van der Waals surface area (Å²) in [5, 5.41) is 8.69. The van der Waals surface area contributed by atoms with Gasteiger partial charge in [-0.2, -0.15) is 0 Å². The normalized spacial score (nSPS) is 13.4. The van der Waals surface area contributed by atoms with Crippen LogP contribution in [0.4, 0.5) is 0 Å². The van der Waals surface area contributed by atoms with E-state index in [2.05, 4.69) is 0 Å². The predicted octanol–water partition coefficient (Wildman–Crippen LogP) is 0.647. The third-order valence-electron chi connectivity index (χ3n) is 0.528. The van der Waals surface area contributed by atoms with E-state index < -0.39 is 0 Å². The van der Waals surface area contributed by atoms with Crippen LogP contribution in [0.15, 0.2) is 0 Å². The second kappa shape index (κ2) is 3.92. The van der Waals surface area contributed by atoms with Crippen molar-refractivity contribution in [3.63, 3.8) is 0 Å². The van der Waals surface area contributed by atoms with E-state index in [1.54, 1.807) is 6.92 Å². The molecular formula is C5H10O2S. The molecule has 0 bridgehead atoms. The third kappa shape index (κ3) is 5.98. The lowest BCUT2D eigenvalue weighted by molar-refractivity contribution is -0.109. The summed E-state index contributed by atoms with van der Waals surface area (Å²) in [6.07, 6.45) is -0.371. The Hall–Kier alpha value is -0.0200. The average molecular weight is 134 g/mol. The highest BCUT2D eigenvalue weighted by molar-refractivity contribution is 8.13. The van der Waals surface area contributed by atoms with Crippen LogP contribution in [0, 0.1) is 0 Å². The molecule has 0 aromatic rings. The van der Waals surface area contributed by atoms with Gasteiger partial charge >= 0.3 is 0 Å². The van der Waals surface area contributed by atoms with Crippen molar-refractivity contribution in [1.82, 2.24) is 0 Å². The summed E-state index contributed by atoms with van der Waals surface area (Å²) in [4.78, 5) is 10.2. The van der Waals surface area contributed by atoms with Crippen LogP contribution in [-0.2, 0) is 4.79 Å². The van der Waals surface area contributed by atoms with Gasteiger partial charge in [0.2, 0.25) is 0 Å². The van der Waals surface area contributed by atoms with Gasteiger partial charge in [-0.15, -0.1) is 0 Å². The largest absolute Gasteiger partial charge is 0.393 e. The van der Waals surface area contributed by atoms with Crippen molar-refractivity contribution in [1.29, 1.82) is 0 Å². The predicted molar refractivity (Wildman–Crippen MR) is 34.8 cm³/mol. The molecule has 1 unspecified atom stereocenters. The number of aliphatic hydroxyl groups is 1. The monoisotopic (exact) mass is 134 g/mol. The molecule has 0 aliphatic rings. The summed E-state index contributed by atoms with van der Waals surface area (Å²) in [6.45, 7) is 3.16. The summed E-state index contributed by atoms with van der Waals surface area (Å²) in [7, 11) is 0. The molecule has 0 aromatic heterocycles. The molecule has 0 fully saturated rings. The molecule has 0 saturated carbocycles. The van der Waals surface area contributed by atoms with Crippen molar-refractivity contribution in [2.45, 2.75) is 20.0 Å². The van der Waals surface area contributed by atoms with Crippen LogP contribution < -0.4 is 0 Å². The molecule has 0 aliphatic heterocycles. The molecular weight excluding hydrogens is 124 g/mol. The maximum atomic E-state index is 10.2. The lowest BCUT2D eigenvalue weighted by Crippen LogP contribution is -2.04. The van der Waals surface area contributed by atoms with E-state index in [1.807, 2.05) is 0 Å². The number of thioether (sulfide) groups is 1. The minimum atomic E-state index is -0.371. The first-order valence-corrected chi connectivity index (χ1v) is 3.43. The highest BCUT2D eigenvalue weighted by Crippen LogP contribution is 2.02. The fourth-order valence-electron chi connectivity index (χ4n) is 0.238. The van der Waals surface area contributed by atoms with Gasteiger partial charge in [0, 0.05) is 12.7 Å². The van der Waals surface area contributed by atoms with Gasteiger partial charge in [0.25, 0.3) is 0 Å². The summed E-state index contributed by atoms with van der Waals surface area (Å²) < 4.78 is 0. The van der Waals surface area contributed by atoms with Crippen LogP contribution in [0.2, 0.25) is 0 Å². The van der Waals surface area contributed by atoms with Gasteiger partial charge in [0.1, 0.15) is 0 Å². The molecule has 0 aliphatic carbocycles. The van der Waals surface area contributed by atoms with Crippen molar-refractivity contribution in [2.24, 2.45) is 0 Å². The van der Waals surface area contributed by atoms with E-state index in [4.69, 9.17) is 5.11 Å². The van der Waals surface area contributed by atoms with E-state index in [-0.39, 0.29) is 11.2 Å². The molecule has 0 heterocycles. The van der Waals surface area contributed by atoms with Crippen LogP contribution in [0.1, 0.15) is 13.8 Å². The zero-order chi connectivity index (χ0) is 6.57. The Labute approximate surface area is 53.3 Å². The Balaban J connectivity index is 3.05. The fourth-order valence-corrected chi connectivity index (χ4v) is 0.714. The van der Waals surface area contributed by atoms with Crippen LogP contribution in [-0.4, -0.2) is 22.1 Å². The van der Waals surface area contributed by atoms with Crippen LogP contribution in [0.3, 0.4) is 0 Å². The van der Waals surface area contributed by atoms with Gasteiger partial charge < -0.3 is 5.11 Å². The molecule has 0 rings (SSSR count). The topological polar surface area (TPSA) is 37.3 Å². The Morgan fingerprint density at radius 1 is 1.88 bits per heavy atom. The molecule has 3 heteroatoms. The van der Waals surface area contributed by atoms with Gasteiger partial charge in [0.05, 0.1) is 6.10 Å². The van der Waals surface area contributed by atoms with E-state index >= 15 is 0 Å². The first kappa shape index (κ1) is 7.98. The minimum absolute atomic E-state index is 0.0610. The Morgan fingerprint density at radius 2 is 2.38 bits per heavy atom. The fraction of sp³-hybridized carbons (Fsp3) is 0.800. The third-order valence-corrected chi connectivity index (χ3v) is 1.58. The van der Waals surface area contributed by atoms with E-state index in [0.29, 0.717) is 5.75 Å². The van der Waals surface area contributed by atoms with E-state index in [1.165, 1.54) is 6.92 Å². The zero-order valence-corrected chi connectivity index (χ0v) is 5.86. The second-order valence-electron chi connectivity index (χ2n) is 1.65. The number of hydrogen-bond acceptors (Lipinski definition) is 3. The standard InChI is InChI=1S/C5H10O2S/c1-4(6)3-8-5(2)7/h4,6H,3H2,1-2H3. The van der Waals surface area contributed by atoms with Crippen LogP contribution in [0.5, 0.6) is 0 Å². The number of rotatable bonds is 2. The molecule has 2 nitrogen and oxygen atoms in total. The van der Waals surface area contributed by atoms with Crippen molar-refractivity contribution in [3.8, 4) is 0 Å². The van der Waals surface area contributed by atoms with Gasteiger partial charge in [-0.05, 0) is 6.92 Å². The van der Waals surface area contributed by atoms with E-state index in [9.17, 15) is 4.79 Å².